The quantitative estimate of drug-likeness (QED) is 0.922. The van der Waals surface area contributed by atoms with Crippen LogP contribution in [0.3, 0.4) is 0 Å². The lowest BCUT2D eigenvalue weighted by atomic mass is 10.1. The predicted octanol–water partition coefficient (Wildman–Crippen LogP) is 2.89. The minimum Gasteiger partial charge on any atom is -0.454 e. The summed E-state index contributed by atoms with van der Waals surface area (Å²) in [5, 5.41) is 10.3. The number of benzene rings is 2. The third kappa shape index (κ3) is 3.40. The molecule has 1 N–H and O–H groups in total. The molecular weight excluding hydrogens is 278 g/mol. The normalized spacial score (nSPS) is 14.4. The zero-order chi connectivity index (χ0) is 15.5. The Morgan fingerprint density at radius 1 is 1.09 bits per heavy atom. The zero-order valence-electron chi connectivity index (χ0n) is 13.0. The van der Waals surface area contributed by atoms with Crippen molar-refractivity contribution in [1.82, 2.24) is 4.90 Å². The molecule has 22 heavy (non-hydrogen) atoms. The van der Waals surface area contributed by atoms with Gasteiger partial charge in [0.05, 0.1) is 6.10 Å². The van der Waals surface area contributed by atoms with E-state index in [9.17, 15) is 5.11 Å². The van der Waals surface area contributed by atoms with Crippen molar-refractivity contribution >= 4 is 0 Å². The Bertz CT molecular complexity index is 639. The Kier molecular flexibility index (Phi) is 4.32. The zero-order valence-corrected chi connectivity index (χ0v) is 13.0. The number of ether oxygens (including phenoxy) is 2. The molecule has 0 spiro atoms. The van der Waals surface area contributed by atoms with E-state index in [0.717, 1.165) is 29.2 Å². The van der Waals surface area contributed by atoms with E-state index in [1.807, 2.05) is 56.4 Å². The molecule has 1 aliphatic heterocycles. The van der Waals surface area contributed by atoms with Crippen LogP contribution in [-0.2, 0) is 6.54 Å². The van der Waals surface area contributed by atoms with Gasteiger partial charge >= 0.3 is 0 Å². The second-order valence-electron chi connectivity index (χ2n) is 5.81. The minimum absolute atomic E-state index is 0.292. The summed E-state index contributed by atoms with van der Waals surface area (Å²) in [6.45, 7) is 3.67. The van der Waals surface area contributed by atoms with Crippen LogP contribution in [0.4, 0.5) is 0 Å². The summed E-state index contributed by atoms with van der Waals surface area (Å²) in [7, 11) is 2.00. The molecule has 2 aromatic rings. The molecule has 0 fully saturated rings. The van der Waals surface area contributed by atoms with Crippen LogP contribution in [0.15, 0.2) is 42.5 Å². The number of nitrogens with zero attached hydrogens (tertiary/aromatic N) is 1. The van der Waals surface area contributed by atoms with Crippen LogP contribution in [0.5, 0.6) is 11.5 Å². The van der Waals surface area contributed by atoms with Crippen molar-refractivity contribution in [3.8, 4) is 11.5 Å². The molecule has 1 atom stereocenters. The highest BCUT2D eigenvalue weighted by atomic mass is 16.7. The van der Waals surface area contributed by atoms with Crippen molar-refractivity contribution in [1.29, 1.82) is 0 Å². The first-order chi connectivity index (χ1) is 10.6. The molecule has 1 heterocycles. The van der Waals surface area contributed by atoms with Gasteiger partial charge in [0.2, 0.25) is 6.79 Å². The average molecular weight is 299 g/mol. The van der Waals surface area contributed by atoms with Crippen molar-refractivity contribution in [2.75, 3.05) is 20.4 Å². The fourth-order valence-corrected chi connectivity index (χ4v) is 2.60. The number of rotatable bonds is 5. The molecule has 116 valence electrons. The van der Waals surface area contributed by atoms with Gasteiger partial charge in [0, 0.05) is 13.1 Å². The van der Waals surface area contributed by atoms with E-state index in [4.69, 9.17) is 9.47 Å². The minimum atomic E-state index is -0.486. The van der Waals surface area contributed by atoms with Crippen LogP contribution in [0.2, 0.25) is 0 Å². The summed E-state index contributed by atoms with van der Waals surface area (Å²) < 4.78 is 10.7. The number of aryl methyl sites for hydroxylation is 1. The van der Waals surface area contributed by atoms with E-state index < -0.39 is 6.10 Å². The van der Waals surface area contributed by atoms with Gasteiger partial charge in [0.25, 0.3) is 0 Å². The largest absolute Gasteiger partial charge is 0.454 e. The lowest BCUT2D eigenvalue weighted by Crippen LogP contribution is -2.24. The van der Waals surface area contributed by atoms with E-state index in [-0.39, 0.29) is 0 Å². The molecule has 0 radical (unpaired) electrons. The third-order valence-corrected chi connectivity index (χ3v) is 3.84. The van der Waals surface area contributed by atoms with Gasteiger partial charge in [-0.1, -0.05) is 35.9 Å². The summed E-state index contributed by atoms with van der Waals surface area (Å²) in [5.41, 5.74) is 3.29. The fourth-order valence-electron chi connectivity index (χ4n) is 2.60. The maximum atomic E-state index is 10.3. The summed E-state index contributed by atoms with van der Waals surface area (Å²) in [6, 6.07) is 14.0. The van der Waals surface area contributed by atoms with Crippen LogP contribution in [0.25, 0.3) is 0 Å². The van der Waals surface area contributed by atoms with Crippen molar-refractivity contribution < 1.29 is 14.6 Å². The van der Waals surface area contributed by atoms with E-state index in [2.05, 4.69) is 4.90 Å². The van der Waals surface area contributed by atoms with Gasteiger partial charge in [-0.2, -0.15) is 0 Å². The van der Waals surface area contributed by atoms with E-state index in [1.165, 1.54) is 5.56 Å². The fraction of sp³-hybridized carbons (Fsp3) is 0.333. The SMILES string of the molecule is Cc1ccc(C(O)CN(C)Cc2ccc3c(c2)OCO3)cc1. The van der Waals surface area contributed by atoms with E-state index in [0.29, 0.717) is 13.3 Å². The number of aliphatic hydroxyl groups is 1. The highest BCUT2D eigenvalue weighted by molar-refractivity contribution is 5.44. The molecule has 4 nitrogen and oxygen atoms in total. The molecule has 4 heteroatoms. The molecule has 1 unspecified atom stereocenters. The maximum Gasteiger partial charge on any atom is 0.231 e. The van der Waals surface area contributed by atoms with Crippen LogP contribution >= 0.6 is 0 Å². The first kappa shape index (κ1) is 14.9. The molecule has 1 aliphatic rings. The number of likely N-dealkylation sites (N-methyl/N-ethyl adjacent to an activating group) is 1. The van der Waals surface area contributed by atoms with E-state index >= 15 is 0 Å². The summed E-state index contributed by atoms with van der Waals surface area (Å²) >= 11 is 0. The highest BCUT2D eigenvalue weighted by Crippen LogP contribution is 2.32. The first-order valence-electron chi connectivity index (χ1n) is 7.43. The molecule has 0 saturated carbocycles. The highest BCUT2D eigenvalue weighted by Gasteiger charge is 2.15. The first-order valence-corrected chi connectivity index (χ1v) is 7.43. The van der Waals surface area contributed by atoms with Gasteiger partial charge in [-0.3, -0.25) is 4.90 Å². The number of fused-ring (bicyclic) bond motifs is 1. The van der Waals surface area contributed by atoms with Gasteiger partial charge in [-0.15, -0.1) is 0 Å². The van der Waals surface area contributed by atoms with Crippen LogP contribution in [0, 0.1) is 6.92 Å². The second-order valence-corrected chi connectivity index (χ2v) is 5.81. The molecule has 0 saturated heterocycles. The Morgan fingerprint density at radius 3 is 2.59 bits per heavy atom. The Labute approximate surface area is 130 Å². The lowest BCUT2D eigenvalue weighted by molar-refractivity contribution is 0.124. The van der Waals surface area contributed by atoms with Crippen molar-refractivity contribution in [3.63, 3.8) is 0 Å². The summed E-state index contributed by atoms with van der Waals surface area (Å²) in [5.74, 6) is 1.59. The number of aliphatic hydroxyl groups excluding tert-OH is 1. The van der Waals surface area contributed by atoms with Gasteiger partial charge in [-0.05, 0) is 37.2 Å². The monoisotopic (exact) mass is 299 g/mol. The standard InChI is InChI=1S/C18H21NO3/c1-13-3-6-15(7-4-13)16(20)11-19(2)10-14-5-8-17-18(9-14)22-12-21-17/h3-9,16,20H,10-12H2,1-2H3. The second kappa shape index (κ2) is 6.38. The Balaban J connectivity index is 1.60. The maximum absolute atomic E-state index is 10.3. The summed E-state index contributed by atoms with van der Waals surface area (Å²) in [6.07, 6.45) is -0.486. The van der Waals surface area contributed by atoms with Crippen LogP contribution in [0.1, 0.15) is 22.8 Å². The summed E-state index contributed by atoms with van der Waals surface area (Å²) in [4.78, 5) is 2.10. The smallest absolute Gasteiger partial charge is 0.231 e. The Hall–Kier alpha value is -2.04. The van der Waals surface area contributed by atoms with Crippen molar-refractivity contribution in [3.05, 3.63) is 59.2 Å². The van der Waals surface area contributed by atoms with Gasteiger partial charge in [-0.25, -0.2) is 0 Å². The molecule has 0 aromatic heterocycles. The van der Waals surface area contributed by atoms with Gasteiger partial charge in [0.15, 0.2) is 11.5 Å². The number of hydrogen-bond donors (Lipinski definition) is 1. The van der Waals surface area contributed by atoms with Crippen molar-refractivity contribution in [2.45, 2.75) is 19.6 Å². The molecule has 2 aromatic carbocycles. The van der Waals surface area contributed by atoms with Crippen molar-refractivity contribution in [2.24, 2.45) is 0 Å². The molecule has 0 aliphatic carbocycles. The van der Waals surface area contributed by atoms with Crippen LogP contribution in [-0.4, -0.2) is 30.4 Å². The molecular formula is C18H21NO3. The molecule has 0 amide bonds. The topological polar surface area (TPSA) is 41.9 Å². The average Bonchev–Trinajstić information content (AvgIpc) is 2.95. The number of hydrogen-bond acceptors (Lipinski definition) is 4. The van der Waals surface area contributed by atoms with E-state index in [1.54, 1.807) is 0 Å². The molecule has 0 bridgehead atoms. The Morgan fingerprint density at radius 2 is 1.82 bits per heavy atom. The lowest BCUT2D eigenvalue weighted by Gasteiger charge is -2.21. The third-order valence-electron chi connectivity index (χ3n) is 3.84. The predicted molar refractivity (Wildman–Crippen MR) is 85.0 cm³/mol. The van der Waals surface area contributed by atoms with Gasteiger partial charge < -0.3 is 14.6 Å². The van der Waals surface area contributed by atoms with Crippen LogP contribution < -0.4 is 9.47 Å². The van der Waals surface area contributed by atoms with Gasteiger partial charge in [0.1, 0.15) is 0 Å². The molecule has 3 rings (SSSR count).